The molecule has 0 unspecified atom stereocenters. The molecule has 4 nitrogen and oxygen atoms in total. The van der Waals surface area contributed by atoms with Crippen LogP contribution in [0.4, 0.5) is 0 Å². The number of unbranched alkanes of at least 4 members (excludes halogenated alkanes) is 22. The summed E-state index contributed by atoms with van der Waals surface area (Å²) in [5.74, 6) is 0. The van der Waals surface area contributed by atoms with Gasteiger partial charge in [0, 0.05) is 5.48 Å². The van der Waals surface area contributed by atoms with Crippen LogP contribution in [0.1, 0.15) is 199 Å². The summed E-state index contributed by atoms with van der Waals surface area (Å²) in [5, 5.41) is 0. The average molecular weight is 551 g/mol. The van der Waals surface area contributed by atoms with Crippen molar-refractivity contribution in [1.29, 1.82) is 0 Å². The van der Waals surface area contributed by atoms with Crippen molar-refractivity contribution in [3.05, 3.63) is 0 Å². The van der Waals surface area contributed by atoms with Crippen LogP contribution in [0.5, 0.6) is 0 Å². The fourth-order valence-corrected chi connectivity index (χ4v) is 5.11. The summed E-state index contributed by atoms with van der Waals surface area (Å²) in [6.45, 7) is 3.27. The van der Waals surface area contributed by atoms with Gasteiger partial charge in [0.25, 0.3) is 0 Å². The Balaban J connectivity index is 3.82. The van der Waals surface area contributed by atoms with Gasteiger partial charge in [-0.2, -0.15) is 8.42 Å². The first kappa shape index (κ1) is 29.8. The quantitative estimate of drug-likeness (QED) is 0.0781. The highest BCUT2D eigenvalue weighted by Crippen LogP contribution is 2.15. The van der Waals surface area contributed by atoms with Gasteiger partial charge in [-0.05, 0) is 12.7 Å². The zero-order valence-electron chi connectivity index (χ0n) is 28.8. The Labute approximate surface area is 239 Å². The van der Waals surface area contributed by atoms with E-state index in [0.29, 0.717) is 12.8 Å². The fraction of sp³-hybridized carbons (Fsp3) is 1.00. The molecule has 0 aliphatic heterocycles. The van der Waals surface area contributed by atoms with Crippen LogP contribution in [0, 0.1) is 0 Å². The van der Waals surface area contributed by atoms with Crippen molar-refractivity contribution in [1.82, 2.24) is 0 Å². The van der Waals surface area contributed by atoms with Gasteiger partial charge in [-0.3, -0.25) is 0 Å². The van der Waals surface area contributed by atoms with Gasteiger partial charge in [0.2, 0.25) is 0 Å². The van der Waals surface area contributed by atoms with Gasteiger partial charge in [-0.15, -0.1) is 0 Å². The predicted molar refractivity (Wildman–Crippen MR) is 161 cm³/mol. The largest absolute Gasteiger partial charge is 0.399 e. The van der Waals surface area contributed by atoms with E-state index in [-0.39, 0.29) is 12.8 Å². The molecule has 0 saturated carbocycles. The first-order chi connectivity index (χ1) is 19.5. The SMILES string of the molecule is [2H]C([2H])(CCCCCCCCCCCCCC)COS(=O)(=O)OCC([2H])([2H])CCCCCCCCCCCCCC. The molecule has 0 fully saturated rings. The Kier molecular flexibility index (Phi) is 24.5. The molecule has 0 aromatic rings. The molecule has 0 N–H and O–H groups in total. The van der Waals surface area contributed by atoms with Crippen LogP contribution in [0.2, 0.25) is 0 Å². The summed E-state index contributed by atoms with van der Waals surface area (Å²) < 4.78 is 66.0. The van der Waals surface area contributed by atoms with Gasteiger partial charge in [0.15, 0.2) is 0 Å². The van der Waals surface area contributed by atoms with Crippen LogP contribution in [-0.4, -0.2) is 21.6 Å². The van der Waals surface area contributed by atoms with E-state index in [9.17, 15) is 8.42 Å². The van der Waals surface area contributed by atoms with Crippen LogP contribution in [-0.2, 0) is 18.8 Å². The third-order valence-corrected chi connectivity index (χ3v) is 7.84. The highest BCUT2D eigenvalue weighted by molar-refractivity contribution is 7.81. The first-order valence-electron chi connectivity index (χ1n) is 18.1. The lowest BCUT2D eigenvalue weighted by molar-refractivity contribution is 0.208. The van der Waals surface area contributed by atoms with E-state index in [0.717, 1.165) is 38.5 Å². The highest BCUT2D eigenvalue weighted by atomic mass is 32.3. The van der Waals surface area contributed by atoms with Gasteiger partial charge >= 0.3 is 10.4 Å². The Hall–Kier alpha value is -0.130. The maximum Gasteiger partial charge on any atom is 0.399 e. The lowest BCUT2D eigenvalue weighted by Gasteiger charge is -2.07. The summed E-state index contributed by atoms with van der Waals surface area (Å²) in [4.78, 5) is 0. The van der Waals surface area contributed by atoms with Gasteiger partial charge in [0.05, 0.1) is 13.2 Å². The second kappa shape index (κ2) is 30.4. The van der Waals surface area contributed by atoms with Gasteiger partial charge < -0.3 is 0 Å². The monoisotopic (exact) mass is 550 g/mol. The molecule has 0 atom stereocenters. The molecule has 0 aliphatic carbocycles. The van der Waals surface area contributed by atoms with Crippen LogP contribution < -0.4 is 0 Å². The first-order valence-corrected chi connectivity index (χ1v) is 17.4. The minimum atomic E-state index is -4.44. The summed E-state index contributed by atoms with van der Waals surface area (Å²) in [5.41, 5.74) is 0. The molecule has 0 aromatic carbocycles. The van der Waals surface area contributed by atoms with Crippen LogP contribution >= 0.6 is 0 Å². The number of rotatable bonds is 32. The lowest BCUT2D eigenvalue weighted by atomic mass is 10.0. The van der Waals surface area contributed by atoms with Gasteiger partial charge in [-0.25, -0.2) is 8.37 Å². The Bertz CT molecular complexity index is 625. The maximum atomic E-state index is 12.1. The number of hydrogen-bond donors (Lipinski definition) is 0. The minimum absolute atomic E-state index is 0.236. The maximum absolute atomic E-state index is 12.1. The molecule has 0 saturated heterocycles. The van der Waals surface area contributed by atoms with E-state index in [1.165, 1.54) is 103 Å². The summed E-state index contributed by atoms with van der Waals surface area (Å²) >= 11 is 0. The molecule has 224 valence electrons. The van der Waals surface area contributed by atoms with Crippen molar-refractivity contribution in [3.63, 3.8) is 0 Å². The molecule has 0 radical (unpaired) electrons. The van der Waals surface area contributed by atoms with Crippen molar-refractivity contribution in [2.75, 3.05) is 13.2 Å². The van der Waals surface area contributed by atoms with Crippen molar-refractivity contribution in [3.8, 4) is 0 Å². The Morgan fingerprint density at radius 1 is 0.405 bits per heavy atom. The molecule has 0 amide bonds. The van der Waals surface area contributed by atoms with E-state index in [2.05, 4.69) is 13.8 Å². The molecule has 0 heterocycles. The third-order valence-electron chi connectivity index (χ3n) is 7.02. The molecule has 0 spiro atoms. The molecule has 0 bridgehead atoms. The predicted octanol–water partition coefficient (Wildman–Crippen LogP) is 11.2. The average Bonchev–Trinajstić information content (AvgIpc) is 2.92. The number of hydrogen-bond acceptors (Lipinski definition) is 4. The van der Waals surface area contributed by atoms with Crippen LogP contribution in [0.3, 0.4) is 0 Å². The third kappa shape index (κ3) is 32.0. The molecular formula is C32H66O4S. The molecule has 37 heavy (non-hydrogen) atoms. The standard InChI is InChI=1S/C32H66O4S/c1-3-5-7-9-11-13-15-17-19-21-23-25-27-29-31-35-37(33,34)36-32-30-28-26-24-22-20-18-16-14-12-10-8-6-4-2/h3-32H2,1-2H3/i29D2,30D2. The molecule has 0 rings (SSSR count). The van der Waals surface area contributed by atoms with Crippen LogP contribution in [0.15, 0.2) is 0 Å². The Morgan fingerprint density at radius 2 is 0.622 bits per heavy atom. The lowest BCUT2D eigenvalue weighted by Crippen LogP contribution is -2.12. The fourth-order valence-electron chi connectivity index (χ4n) is 4.59. The smallest absolute Gasteiger partial charge is 0.248 e. The van der Waals surface area contributed by atoms with Crippen molar-refractivity contribution >= 4 is 10.4 Å². The zero-order chi connectivity index (χ0) is 30.7. The Morgan fingerprint density at radius 3 is 0.865 bits per heavy atom. The second-order valence-electron chi connectivity index (χ2n) is 10.7. The van der Waals surface area contributed by atoms with Crippen molar-refractivity contribution < 1.29 is 22.3 Å². The van der Waals surface area contributed by atoms with E-state index in [1.807, 2.05) is 0 Å². The normalized spacial score (nSPS) is 14.3. The minimum Gasteiger partial charge on any atom is -0.248 e. The highest BCUT2D eigenvalue weighted by Gasteiger charge is 2.11. The molecule has 0 aromatic heterocycles. The van der Waals surface area contributed by atoms with Crippen LogP contribution in [0.25, 0.3) is 0 Å². The van der Waals surface area contributed by atoms with Crippen molar-refractivity contribution in [2.24, 2.45) is 0 Å². The summed E-state index contributed by atoms with van der Waals surface area (Å²) in [6, 6.07) is 0. The molecule has 0 aliphatic rings. The van der Waals surface area contributed by atoms with Gasteiger partial charge in [0.1, 0.15) is 0 Å². The summed E-state index contributed by atoms with van der Waals surface area (Å²) in [7, 11) is -4.44. The van der Waals surface area contributed by atoms with E-state index < -0.39 is 36.4 Å². The van der Waals surface area contributed by atoms with Gasteiger partial charge in [-0.1, -0.05) is 181 Å². The molecule has 5 heteroatoms. The zero-order valence-corrected chi connectivity index (χ0v) is 25.7. The topological polar surface area (TPSA) is 52.6 Å². The van der Waals surface area contributed by atoms with E-state index in [4.69, 9.17) is 13.8 Å². The van der Waals surface area contributed by atoms with Crippen molar-refractivity contribution in [2.45, 2.75) is 194 Å². The molecular weight excluding hydrogens is 480 g/mol. The summed E-state index contributed by atoms with van der Waals surface area (Å²) in [6.07, 6.45) is 25.6. The second-order valence-corrected chi connectivity index (χ2v) is 12.0. The van der Waals surface area contributed by atoms with E-state index >= 15 is 0 Å². The van der Waals surface area contributed by atoms with E-state index in [1.54, 1.807) is 0 Å².